The Hall–Kier alpha value is -3.98. The minimum Gasteiger partial charge on any atom is -0.326 e. The maximum absolute atomic E-state index is 14.0. The fraction of sp³-hybridized carbons (Fsp3) is 0.395. The lowest BCUT2D eigenvalue weighted by Gasteiger charge is -2.37. The molecule has 0 heterocycles. The molecule has 1 N–H and O–H groups in total. The third-order valence-corrected chi connectivity index (χ3v) is 10.1. The first-order valence-electron chi connectivity index (χ1n) is 17.2. The molecule has 1 aliphatic carbocycles. The van der Waals surface area contributed by atoms with Crippen LogP contribution in [0.15, 0.2) is 91.0 Å². The zero-order valence-corrected chi connectivity index (χ0v) is 28.7. The number of hydrogen-bond donors (Lipinski definition) is 1. The molecule has 5 rings (SSSR count). The van der Waals surface area contributed by atoms with Crippen molar-refractivity contribution in [3.05, 3.63) is 124 Å². The number of aryl methyl sites for hydroxylation is 2. The summed E-state index contributed by atoms with van der Waals surface area (Å²) in [6, 6.07) is 31.3. The molecule has 1 fully saturated rings. The minimum atomic E-state index is -0.359. The van der Waals surface area contributed by atoms with E-state index in [2.05, 4.69) is 94.5 Å². The number of carbonyl (C=O) groups excluding carboxylic acids is 2. The number of hydrogen-bond acceptors (Lipinski definition) is 2. The van der Waals surface area contributed by atoms with Crippen molar-refractivity contribution >= 4 is 17.4 Å². The van der Waals surface area contributed by atoms with Crippen LogP contribution in [0.3, 0.4) is 0 Å². The molecule has 240 valence electrons. The Kier molecular flexibility index (Phi) is 10.6. The highest BCUT2D eigenvalue weighted by molar-refractivity contribution is 5.97. The van der Waals surface area contributed by atoms with Crippen LogP contribution in [0.2, 0.25) is 0 Å². The second kappa shape index (κ2) is 14.6. The van der Waals surface area contributed by atoms with Gasteiger partial charge >= 0.3 is 0 Å². The van der Waals surface area contributed by atoms with Gasteiger partial charge in [0.15, 0.2) is 5.78 Å². The van der Waals surface area contributed by atoms with Gasteiger partial charge in [0.25, 0.3) is 0 Å². The number of ketones is 1. The Morgan fingerprint density at radius 2 is 1.46 bits per heavy atom. The van der Waals surface area contributed by atoms with Gasteiger partial charge in [-0.05, 0) is 115 Å². The molecular weight excluding hydrogens is 562 g/mol. The molecule has 1 saturated carbocycles. The van der Waals surface area contributed by atoms with Gasteiger partial charge < -0.3 is 5.32 Å². The van der Waals surface area contributed by atoms with Crippen LogP contribution in [-0.4, -0.2) is 11.7 Å². The normalized spacial score (nSPS) is 17.3. The fourth-order valence-corrected chi connectivity index (χ4v) is 7.19. The Balaban J connectivity index is 1.35. The van der Waals surface area contributed by atoms with Gasteiger partial charge in [0.2, 0.25) is 5.91 Å². The van der Waals surface area contributed by atoms with Crippen LogP contribution in [0.1, 0.15) is 116 Å². The van der Waals surface area contributed by atoms with E-state index in [1.807, 2.05) is 43.3 Å². The van der Waals surface area contributed by atoms with E-state index in [1.165, 1.54) is 47.9 Å². The predicted molar refractivity (Wildman–Crippen MR) is 193 cm³/mol. The van der Waals surface area contributed by atoms with E-state index in [9.17, 15) is 9.59 Å². The SMILES string of the molecule is CCCC(=O)c1ccc(C[C@H](C(=O)Nc2ccc(-c3ccc(C)cc3C)cc2)c2ccc(C3CCC(C(C)(C)C)CC3)cc2)cc1. The Labute approximate surface area is 276 Å². The maximum Gasteiger partial charge on any atom is 0.232 e. The van der Waals surface area contributed by atoms with Crippen LogP contribution in [0, 0.1) is 25.2 Å². The summed E-state index contributed by atoms with van der Waals surface area (Å²) in [6.07, 6.45) is 6.96. The third-order valence-electron chi connectivity index (χ3n) is 10.1. The van der Waals surface area contributed by atoms with Crippen LogP contribution in [0.5, 0.6) is 0 Å². The Morgan fingerprint density at radius 3 is 2.04 bits per heavy atom. The molecule has 0 aliphatic heterocycles. The Morgan fingerprint density at radius 1 is 0.804 bits per heavy atom. The summed E-state index contributed by atoms with van der Waals surface area (Å²) in [4.78, 5) is 26.4. The number of Topliss-reactive ketones (excluding diaryl/α,β-unsaturated/α-hetero) is 1. The molecular formula is C43H51NO2. The lowest BCUT2D eigenvalue weighted by molar-refractivity contribution is -0.117. The molecule has 0 aromatic heterocycles. The summed E-state index contributed by atoms with van der Waals surface area (Å²) in [5.74, 6) is 1.16. The van der Waals surface area contributed by atoms with Gasteiger partial charge in [-0.1, -0.05) is 112 Å². The monoisotopic (exact) mass is 613 g/mol. The van der Waals surface area contributed by atoms with Crippen molar-refractivity contribution in [3.63, 3.8) is 0 Å². The highest BCUT2D eigenvalue weighted by atomic mass is 16.2. The number of amides is 1. The first kappa shape index (κ1) is 33.4. The summed E-state index contributed by atoms with van der Waals surface area (Å²) in [5.41, 5.74) is 10.2. The van der Waals surface area contributed by atoms with E-state index in [4.69, 9.17) is 0 Å². The number of carbonyl (C=O) groups is 2. The zero-order chi connectivity index (χ0) is 32.8. The lowest BCUT2D eigenvalue weighted by Crippen LogP contribution is -2.25. The van der Waals surface area contributed by atoms with Gasteiger partial charge in [-0.25, -0.2) is 0 Å². The van der Waals surface area contributed by atoms with E-state index in [0.717, 1.165) is 40.3 Å². The molecule has 0 spiro atoms. The molecule has 0 radical (unpaired) electrons. The van der Waals surface area contributed by atoms with Crippen LogP contribution in [-0.2, 0) is 11.2 Å². The second-order valence-electron chi connectivity index (χ2n) is 14.6. The van der Waals surface area contributed by atoms with Gasteiger partial charge in [-0.3, -0.25) is 9.59 Å². The van der Waals surface area contributed by atoms with Gasteiger partial charge in [-0.2, -0.15) is 0 Å². The van der Waals surface area contributed by atoms with Crippen LogP contribution >= 0.6 is 0 Å². The molecule has 4 aromatic carbocycles. The maximum atomic E-state index is 14.0. The Bertz CT molecular complexity index is 1620. The number of benzene rings is 4. The molecule has 46 heavy (non-hydrogen) atoms. The average Bonchev–Trinajstić information content (AvgIpc) is 3.04. The predicted octanol–water partition coefficient (Wildman–Crippen LogP) is 11.2. The molecule has 1 atom stereocenters. The first-order chi connectivity index (χ1) is 22.0. The van der Waals surface area contributed by atoms with E-state index in [1.54, 1.807) is 0 Å². The van der Waals surface area contributed by atoms with Gasteiger partial charge in [0.1, 0.15) is 0 Å². The zero-order valence-electron chi connectivity index (χ0n) is 28.7. The lowest BCUT2D eigenvalue weighted by atomic mass is 9.68. The van der Waals surface area contributed by atoms with Crippen molar-refractivity contribution in [1.82, 2.24) is 0 Å². The van der Waals surface area contributed by atoms with Gasteiger partial charge in [-0.15, -0.1) is 0 Å². The molecule has 3 nitrogen and oxygen atoms in total. The number of anilines is 1. The summed E-state index contributed by atoms with van der Waals surface area (Å²) < 4.78 is 0. The molecule has 0 bridgehead atoms. The van der Waals surface area contributed by atoms with Gasteiger partial charge in [0.05, 0.1) is 5.92 Å². The number of rotatable bonds is 10. The highest BCUT2D eigenvalue weighted by Crippen LogP contribution is 2.43. The van der Waals surface area contributed by atoms with Crippen molar-refractivity contribution in [2.45, 2.75) is 98.3 Å². The van der Waals surface area contributed by atoms with E-state index >= 15 is 0 Å². The molecule has 0 saturated heterocycles. The molecule has 1 amide bonds. The van der Waals surface area contributed by atoms with Gasteiger partial charge in [0, 0.05) is 17.7 Å². The topological polar surface area (TPSA) is 46.2 Å². The summed E-state index contributed by atoms with van der Waals surface area (Å²) in [7, 11) is 0. The second-order valence-corrected chi connectivity index (χ2v) is 14.6. The molecule has 4 aromatic rings. The van der Waals surface area contributed by atoms with Crippen molar-refractivity contribution < 1.29 is 9.59 Å². The quantitative estimate of drug-likeness (QED) is 0.181. The van der Waals surface area contributed by atoms with Crippen molar-refractivity contribution in [2.75, 3.05) is 5.32 Å². The van der Waals surface area contributed by atoms with E-state index < -0.39 is 0 Å². The van der Waals surface area contributed by atoms with Crippen molar-refractivity contribution in [1.29, 1.82) is 0 Å². The van der Waals surface area contributed by atoms with E-state index in [-0.39, 0.29) is 17.6 Å². The summed E-state index contributed by atoms with van der Waals surface area (Å²) in [6.45, 7) is 13.4. The summed E-state index contributed by atoms with van der Waals surface area (Å²) >= 11 is 0. The fourth-order valence-electron chi connectivity index (χ4n) is 7.19. The molecule has 0 unspecified atom stereocenters. The van der Waals surface area contributed by atoms with Crippen LogP contribution < -0.4 is 5.32 Å². The number of nitrogens with one attached hydrogen (secondary N) is 1. The third kappa shape index (κ3) is 8.23. The molecule has 3 heteroatoms. The van der Waals surface area contributed by atoms with E-state index in [0.29, 0.717) is 24.2 Å². The van der Waals surface area contributed by atoms with Crippen LogP contribution in [0.25, 0.3) is 11.1 Å². The largest absolute Gasteiger partial charge is 0.326 e. The van der Waals surface area contributed by atoms with Crippen LogP contribution in [0.4, 0.5) is 5.69 Å². The van der Waals surface area contributed by atoms with Crippen molar-refractivity contribution in [3.8, 4) is 11.1 Å². The average molecular weight is 614 g/mol. The summed E-state index contributed by atoms with van der Waals surface area (Å²) in [5, 5.41) is 3.21. The van der Waals surface area contributed by atoms with Crippen molar-refractivity contribution in [2.24, 2.45) is 11.3 Å². The first-order valence-corrected chi connectivity index (χ1v) is 17.2. The smallest absolute Gasteiger partial charge is 0.232 e. The minimum absolute atomic E-state index is 0.0242. The standard InChI is InChI=1S/C43H51NO2/c1-7-8-41(45)36-12-10-31(11-13-36)28-40(35-16-14-32(15-17-35)33-18-22-37(23-19-33)43(4,5)6)42(46)44-38-24-20-34(21-25-38)39-26-9-29(2)27-30(39)3/h9-17,20-21,24-27,33,37,40H,7-8,18-19,22-23,28H2,1-6H3,(H,44,46)/t33?,37?,40-/m0/s1. The highest BCUT2D eigenvalue weighted by Gasteiger charge is 2.30. The molecule has 1 aliphatic rings.